The molecule has 1 aliphatic heterocycles. The highest BCUT2D eigenvalue weighted by atomic mass is 35.5. The van der Waals surface area contributed by atoms with Crippen LogP contribution in [0.5, 0.6) is 11.5 Å². The highest BCUT2D eigenvalue weighted by molar-refractivity contribution is 8.19. The number of carbonyl (C=O) groups is 2. The molecule has 1 saturated heterocycles. The maximum absolute atomic E-state index is 12.9. The number of benzene rings is 3. The second kappa shape index (κ2) is 10.5. The Balaban J connectivity index is 1.57. The van der Waals surface area contributed by atoms with Crippen molar-refractivity contribution in [2.45, 2.75) is 13.5 Å². The van der Waals surface area contributed by atoms with Crippen molar-refractivity contribution in [3.63, 3.8) is 0 Å². The molecule has 6 nitrogen and oxygen atoms in total. The molecule has 0 aromatic heterocycles. The lowest BCUT2D eigenvalue weighted by molar-refractivity contribution is -0.113. The second-order valence-electron chi connectivity index (χ2n) is 7.17. The quantitative estimate of drug-likeness (QED) is 0.355. The van der Waals surface area contributed by atoms with Gasteiger partial charge in [0.15, 0.2) is 11.5 Å². The van der Waals surface area contributed by atoms with Crippen molar-refractivity contribution in [3.8, 4) is 17.6 Å². The third kappa shape index (κ3) is 4.93. The smallest absolute Gasteiger partial charge is 0.298 e. The summed E-state index contributed by atoms with van der Waals surface area (Å²) in [6.07, 6.45) is 1.64. The number of rotatable bonds is 7. The van der Waals surface area contributed by atoms with E-state index in [1.165, 1.54) is 0 Å². The van der Waals surface area contributed by atoms with Crippen molar-refractivity contribution in [1.29, 1.82) is 5.26 Å². The Labute approximate surface area is 206 Å². The molecule has 0 bridgehead atoms. The lowest BCUT2D eigenvalue weighted by atomic mass is 10.1. The Morgan fingerprint density at radius 3 is 2.56 bits per heavy atom. The van der Waals surface area contributed by atoms with Gasteiger partial charge in [0.1, 0.15) is 6.61 Å². The normalized spacial score (nSPS) is 14.4. The van der Waals surface area contributed by atoms with Gasteiger partial charge < -0.3 is 9.47 Å². The van der Waals surface area contributed by atoms with Crippen LogP contribution in [0.3, 0.4) is 0 Å². The van der Waals surface area contributed by atoms with Crippen LogP contribution in [0.1, 0.15) is 23.6 Å². The lowest BCUT2D eigenvalue weighted by Crippen LogP contribution is -2.27. The maximum Gasteiger partial charge on any atom is 0.298 e. The molecule has 3 aromatic rings. The van der Waals surface area contributed by atoms with E-state index in [1.54, 1.807) is 60.7 Å². The summed E-state index contributed by atoms with van der Waals surface area (Å²) in [6, 6.07) is 21.4. The van der Waals surface area contributed by atoms with Crippen LogP contribution >= 0.6 is 23.4 Å². The molecule has 0 spiro atoms. The number of halogens is 1. The van der Waals surface area contributed by atoms with Crippen LogP contribution in [0.15, 0.2) is 71.6 Å². The van der Waals surface area contributed by atoms with Gasteiger partial charge in [-0.3, -0.25) is 9.59 Å². The Morgan fingerprint density at radius 1 is 1.03 bits per heavy atom. The van der Waals surface area contributed by atoms with Gasteiger partial charge in [0.25, 0.3) is 11.1 Å². The first kappa shape index (κ1) is 23.4. The van der Waals surface area contributed by atoms with Crippen molar-refractivity contribution < 1.29 is 19.1 Å². The minimum atomic E-state index is -0.436. The highest BCUT2D eigenvalue weighted by Gasteiger charge is 2.37. The first-order valence-electron chi connectivity index (χ1n) is 10.4. The molecule has 1 fully saturated rings. The van der Waals surface area contributed by atoms with Gasteiger partial charge in [-0.2, -0.15) is 5.26 Å². The standard InChI is InChI=1S/C26H19ClN2O4S/c1-2-32-23-13-17(11-12-22(23)33-16-19-8-4-3-7-18(19)15-28)14-24-25(30)29(26(31)34-24)21-10-6-5-9-20(21)27/h3-14H,2,16H2,1H3/b24-14-. The number of hydrogen-bond donors (Lipinski definition) is 0. The number of carbonyl (C=O) groups excluding carboxylic acids is 2. The number of amides is 2. The van der Waals surface area contributed by atoms with Crippen LogP contribution in [0.4, 0.5) is 10.5 Å². The Kier molecular flexibility index (Phi) is 7.21. The summed E-state index contributed by atoms with van der Waals surface area (Å²) >= 11 is 7.04. The average molecular weight is 491 g/mol. The van der Waals surface area contributed by atoms with Crippen LogP contribution in [0.25, 0.3) is 6.08 Å². The van der Waals surface area contributed by atoms with Crippen molar-refractivity contribution in [2.75, 3.05) is 11.5 Å². The van der Waals surface area contributed by atoms with Gasteiger partial charge in [-0.25, -0.2) is 4.90 Å². The van der Waals surface area contributed by atoms with Gasteiger partial charge in [0.05, 0.1) is 33.9 Å². The Hall–Kier alpha value is -3.73. The minimum Gasteiger partial charge on any atom is -0.490 e. The zero-order chi connectivity index (χ0) is 24.1. The predicted octanol–water partition coefficient (Wildman–Crippen LogP) is 6.43. The van der Waals surface area contributed by atoms with E-state index in [0.717, 1.165) is 22.2 Å². The largest absolute Gasteiger partial charge is 0.490 e. The molecule has 34 heavy (non-hydrogen) atoms. The molecule has 0 aliphatic carbocycles. The Bertz CT molecular complexity index is 1330. The van der Waals surface area contributed by atoms with E-state index in [9.17, 15) is 14.9 Å². The monoisotopic (exact) mass is 490 g/mol. The molecule has 4 rings (SSSR count). The number of nitriles is 1. The van der Waals surface area contributed by atoms with Gasteiger partial charge >= 0.3 is 0 Å². The summed E-state index contributed by atoms with van der Waals surface area (Å²) in [5.74, 6) is 0.571. The van der Waals surface area contributed by atoms with Crippen LogP contribution in [0, 0.1) is 11.3 Å². The van der Waals surface area contributed by atoms with Gasteiger partial charge in [0, 0.05) is 5.56 Å². The van der Waals surface area contributed by atoms with E-state index in [4.69, 9.17) is 21.1 Å². The van der Waals surface area contributed by atoms with E-state index in [-0.39, 0.29) is 11.5 Å². The van der Waals surface area contributed by atoms with Crippen LogP contribution in [0.2, 0.25) is 5.02 Å². The third-order valence-electron chi connectivity index (χ3n) is 4.97. The highest BCUT2D eigenvalue weighted by Crippen LogP contribution is 2.39. The maximum atomic E-state index is 12.9. The molecule has 0 radical (unpaired) electrons. The summed E-state index contributed by atoms with van der Waals surface area (Å²) in [7, 11) is 0. The fourth-order valence-electron chi connectivity index (χ4n) is 3.37. The molecule has 1 heterocycles. The van der Waals surface area contributed by atoms with Gasteiger partial charge in [-0.05, 0) is 60.7 Å². The van der Waals surface area contributed by atoms with Crippen molar-refractivity contribution in [1.82, 2.24) is 0 Å². The summed E-state index contributed by atoms with van der Waals surface area (Å²) in [5.41, 5.74) is 2.35. The second-order valence-corrected chi connectivity index (χ2v) is 8.57. The van der Waals surface area contributed by atoms with Crippen LogP contribution in [-0.2, 0) is 11.4 Å². The summed E-state index contributed by atoms with van der Waals surface area (Å²) in [4.78, 5) is 26.8. The topological polar surface area (TPSA) is 79.6 Å². The number of ether oxygens (including phenoxy) is 2. The first-order valence-corrected chi connectivity index (χ1v) is 11.6. The zero-order valence-electron chi connectivity index (χ0n) is 18.2. The number of nitrogens with zero attached hydrogens (tertiary/aromatic N) is 2. The molecule has 3 aromatic carbocycles. The molecule has 0 saturated carbocycles. The number of para-hydroxylation sites is 1. The van der Waals surface area contributed by atoms with Crippen molar-refractivity contribution in [3.05, 3.63) is 93.3 Å². The number of thioether (sulfide) groups is 1. The predicted molar refractivity (Wildman–Crippen MR) is 133 cm³/mol. The molecule has 0 atom stereocenters. The van der Waals surface area contributed by atoms with Gasteiger partial charge in [0.2, 0.25) is 0 Å². The SMILES string of the molecule is CCOc1cc(/C=C2\SC(=O)N(c3ccccc3Cl)C2=O)ccc1OCc1ccccc1C#N. The van der Waals surface area contributed by atoms with Crippen LogP contribution in [-0.4, -0.2) is 17.8 Å². The first-order chi connectivity index (χ1) is 16.5. The number of imide groups is 1. The van der Waals surface area contributed by atoms with Gasteiger partial charge in [-0.1, -0.05) is 48.0 Å². The van der Waals surface area contributed by atoms with E-state index in [1.807, 2.05) is 19.1 Å². The fourth-order valence-corrected chi connectivity index (χ4v) is 4.43. The van der Waals surface area contributed by atoms with E-state index < -0.39 is 11.1 Å². The molecular formula is C26H19ClN2O4S. The van der Waals surface area contributed by atoms with E-state index >= 15 is 0 Å². The molecule has 1 aliphatic rings. The summed E-state index contributed by atoms with van der Waals surface area (Å²) < 4.78 is 11.7. The van der Waals surface area contributed by atoms with Gasteiger partial charge in [-0.15, -0.1) is 0 Å². The summed E-state index contributed by atoms with van der Waals surface area (Å²) in [5, 5.41) is 9.18. The zero-order valence-corrected chi connectivity index (χ0v) is 19.7. The third-order valence-corrected chi connectivity index (χ3v) is 6.16. The van der Waals surface area contributed by atoms with Crippen molar-refractivity contribution in [2.24, 2.45) is 0 Å². The number of anilines is 1. The van der Waals surface area contributed by atoms with E-state index in [2.05, 4.69) is 6.07 Å². The van der Waals surface area contributed by atoms with E-state index in [0.29, 0.717) is 39.9 Å². The fraction of sp³-hybridized carbons (Fsp3) is 0.115. The molecule has 8 heteroatoms. The molecule has 170 valence electrons. The summed E-state index contributed by atoms with van der Waals surface area (Å²) in [6.45, 7) is 2.48. The molecule has 2 amide bonds. The average Bonchev–Trinajstić information content (AvgIpc) is 3.11. The molecule has 0 N–H and O–H groups in total. The molecular weight excluding hydrogens is 472 g/mol. The Morgan fingerprint density at radius 2 is 1.79 bits per heavy atom. The lowest BCUT2D eigenvalue weighted by Gasteiger charge is -2.14. The minimum absolute atomic E-state index is 0.208. The van der Waals surface area contributed by atoms with Crippen molar-refractivity contribution >= 4 is 46.3 Å². The van der Waals surface area contributed by atoms with Crippen LogP contribution < -0.4 is 14.4 Å². The molecule has 0 unspecified atom stereocenters. The number of hydrogen-bond acceptors (Lipinski definition) is 6.